The van der Waals surface area contributed by atoms with Crippen LogP contribution < -0.4 is 14.8 Å². The van der Waals surface area contributed by atoms with Gasteiger partial charge in [-0.25, -0.2) is 19.3 Å². The van der Waals surface area contributed by atoms with Gasteiger partial charge in [0.05, 0.1) is 6.07 Å². The quantitative estimate of drug-likeness (QED) is 0.735. The number of alkyl halides is 1. The van der Waals surface area contributed by atoms with Gasteiger partial charge in [0.2, 0.25) is 17.7 Å². The molecule has 1 saturated carbocycles. The lowest BCUT2D eigenvalue weighted by Crippen LogP contribution is -2.38. The molecule has 4 atom stereocenters. The summed E-state index contributed by atoms with van der Waals surface area (Å²) >= 11 is 1.48. The molecule has 4 rings (SSSR count). The number of thiazole rings is 1. The van der Waals surface area contributed by atoms with E-state index in [0.29, 0.717) is 35.8 Å². The molecule has 1 saturated heterocycles. The first-order chi connectivity index (χ1) is 14.0. The first kappa shape index (κ1) is 20.0. The molecule has 2 unspecified atom stereocenters. The van der Waals surface area contributed by atoms with E-state index in [1.54, 1.807) is 12.3 Å². The molecule has 3 heterocycles. The van der Waals surface area contributed by atoms with E-state index < -0.39 is 12.3 Å². The molecule has 0 radical (unpaired) electrons. The highest BCUT2D eigenvalue weighted by atomic mass is 32.1. The number of nitrogens with zero attached hydrogens (tertiary/aromatic N) is 4. The third-order valence-electron chi connectivity index (χ3n) is 5.17. The monoisotopic (exact) mass is 421 g/mol. The first-order valence-corrected chi connectivity index (χ1v) is 10.5. The molecule has 29 heavy (non-hydrogen) atoms. The Hall–Kier alpha value is -2.33. The van der Waals surface area contributed by atoms with Gasteiger partial charge in [-0.1, -0.05) is 0 Å². The maximum absolute atomic E-state index is 13.4. The molecular formula is C19H24FN5O3S. The van der Waals surface area contributed by atoms with E-state index in [9.17, 15) is 9.18 Å². The topological polar surface area (TPSA) is 89.5 Å². The van der Waals surface area contributed by atoms with E-state index in [1.807, 2.05) is 0 Å². The second-order valence-corrected chi connectivity index (χ2v) is 8.63. The van der Waals surface area contributed by atoms with Crippen molar-refractivity contribution >= 4 is 22.4 Å². The van der Waals surface area contributed by atoms with E-state index >= 15 is 0 Å². The summed E-state index contributed by atoms with van der Waals surface area (Å²) < 4.78 is 25.0. The van der Waals surface area contributed by atoms with Gasteiger partial charge in [0.25, 0.3) is 0 Å². The summed E-state index contributed by atoms with van der Waals surface area (Å²) in [6, 6.07) is 1.97. The second kappa shape index (κ2) is 8.58. The van der Waals surface area contributed by atoms with E-state index in [0.717, 1.165) is 24.4 Å². The number of amides is 1. The Labute approximate surface area is 172 Å². The van der Waals surface area contributed by atoms with Crippen LogP contribution in [0.2, 0.25) is 0 Å². The molecular weight excluding hydrogens is 397 g/mol. The van der Waals surface area contributed by atoms with Crippen LogP contribution in [0.3, 0.4) is 0 Å². The van der Waals surface area contributed by atoms with E-state index in [2.05, 4.69) is 32.1 Å². The molecule has 1 amide bonds. The van der Waals surface area contributed by atoms with Crippen molar-refractivity contribution in [3.63, 3.8) is 0 Å². The van der Waals surface area contributed by atoms with Crippen LogP contribution >= 0.6 is 11.3 Å². The predicted molar refractivity (Wildman–Crippen MR) is 106 cm³/mol. The minimum atomic E-state index is -0.920. The Morgan fingerprint density at radius 2 is 2.10 bits per heavy atom. The highest BCUT2D eigenvalue weighted by Crippen LogP contribution is 2.30. The number of rotatable bonds is 7. The number of carbonyl (C=O) groups is 1. The highest BCUT2D eigenvalue weighted by Gasteiger charge is 2.34. The summed E-state index contributed by atoms with van der Waals surface area (Å²) in [6.45, 7) is 5.13. The Morgan fingerprint density at radius 1 is 1.31 bits per heavy atom. The van der Waals surface area contributed by atoms with Gasteiger partial charge in [-0.05, 0) is 19.8 Å². The number of aromatic nitrogens is 3. The van der Waals surface area contributed by atoms with Gasteiger partial charge in [0, 0.05) is 43.5 Å². The number of anilines is 1. The van der Waals surface area contributed by atoms with E-state index in [4.69, 9.17) is 9.47 Å². The van der Waals surface area contributed by atoms with Gasteiger partial charge >= 0.3 is 0 Å². The molecule has 0 bridgehead atoms. The largest absolute Gasteiger partial charge is 0.473 e. The van der Waals surface area contributed by atoms with Crippen molar-refractivity contribution in [1.29, 1.82) is 0 Å². The van der Waals surface area contributed by atoms with Crippen LogP contribution in [0.15, 0.2) is 18.6 Å². The minimum absolute atomic E-state index is 0.00638. The number of ether oxygens (including phenoxy) is 2. The van der Waals surface area contributed by atoms with Crippen molar-refractivity contribution in [2.45, 2.75) is 64.1 Å². The molecule has 2 aliphatic rings. The van der Waals surface area contributed by atoms with Crippen molar-refractivity contribution in [2.24, 2.45) is 0 Å². The summed E-state index contributed by atoms with van der Waals surface area (Å²) in [5.74, 6) is 0.663. The summed E-state index contributed by atoms with van der Waals surface area (Å²) in [5, 5.41) is 3.32. The smallest absolute Gasteiger partial charge is 0.223 e. The summed E-state index contributed by atoms with van der Waals surface area (Å²) in [6.07, 6.45) is 3.95. The number of nitrogens with one attached hydrogen (secondary N) is 1. The van der Waals surface area contributed by atoms with E-state index in [1.165, 1.54) is 24.6 Å². The average Bonchev–Trinajstić information content (AvgIpc) is 3.24. The summed E-state index contributed by atoms with van der Waals surface area (Å²) in [7, 11) is 0. The summed E-state index contributed by atoms with van der Waals surface area (Å²) in [5.41, 5.74) is 0. The number of hydrogen-bond acceptors (Lipinski definition) is 8. The number of carbonyl (C=O) groups excluding carboxylic acids is 1. The standard InChI is InChI=1S/C19H24FN5O3S/c1-11-5-13(8-25(11)9-14-7-21-19(29-14)24-12(2)26)27-17-6-18(23-10-22-17)28-16-4-3-15(16)20/h6-7,10-11,13,15-16H,3-5,8-9H2,1-2H3,(H,21,24,26)/t11-,13+,15?,16?/m0/s1. The molecule has 0 aromatic carbocycles. The molecule has 8 nitrogen and oxygen atoms in total. The molecule has 1 aliphatic heterocycles. The van der Waals surface area contributed by atoms with Gasteiger partial charge in [-0.3, -0.25) is 9.69 Å². The highest BCUT2D eigenvalue weighted by molar-refractivity contribution is 7.15. The van der Waals surface area contributed by atoms with Crippen molar-refractivity contribution < 1.29 is 18.7 Å². The molecule has 2 aromatic heterocycles. The van der Waals surface area contributed by atoms with Crippen LogP contribution in [-0.2, 0) is 11.3 Å². The minimum Gasteiger partial charge on any atom is -0.473 e. The third-order valence-corrected chi connectivity index (χ3v) is 6.07. The number of halogens is 1. The zero-order chi connectivity index (χ0) is 20.4. The van der Waals surface area contributed by atoms with Gasteiger partial charge in [0.15, 0.2) is 5.13 Å². The Morgan fingerprint density at radius 3 is 2.79 bits per heavy atom. The van der Waals surface area contributed by atoms with Crippen molar-refractivity contribution in [1.82, 2.24) is 19.9 Å². The predicted octanol–water partition coefficient (Wildman–Crippen LogP) is 2.81. The fourth-order valence-corrected chi connectivity index (χ4v) is 4.36. The molecule has 1 aliphatic carbocycles. The molecule has 10 heteroatoms. The van der Waals surface area contributed by atoms with Crippen LogP contribution in [0.1, 0.15) is 38.0 Å². The molecule has 156 valence electrons. The van der Waals surface area contributed by atoms with Crippen LogP contribution in [0.25, 0.3) is 0 Å². The number of hydrogen-bond donors (Lipinski definition) is 1. The van der Waals surface area contributed by atoms with Crippen molar-refractivity contribution in [2.75, 3.05) is 11.9 Å². The lowest BCUT2D eigenvalue weighted by Gasteiger charge is -2.30. The molecule has 0 spiro atoms. The average molecular weight is 421 g/mol. The fourth-order valence-electron chi connectivity index (χ4n) is 3.48. The summed E-state index contributed by atoms with van der Waals surface area (Å²) in [4.78, 5) is 27.0. The number of likely N-dealkylation sites (tertiary alicyclic amines) is 1. The van der Waals surface area contributed by atoms with Gasteiger partial charge in [0.1, 0.15) is 24.7 Å². The van der Waals surface area contributed by atoms with Gasteiger partial charge in [-0.2, -0.15) is 0 Å². The van der Waals surface area contributed by atoms with Crippen LogP contribution in [-0.4, -0.2) is 56.7 Å². The van der Waals surface area contributed by atoms with Gasteiger partial charge < -0.3 is 14.8 Å². The van der Waals surface area contributed by atoms with E-state index in [-0.39, 0.29) is 12.0 Å². The van der Waals surface area contributed by atoms with Gasteiger partial charge in [-0.15, -0.1) is 11.3 Å². The first-order valence-electron chi connectivity index (χ1n) is 9.72. The lowest BCUT2D eigenvalue weighted by atomic mass is 9.94. The fraction of sp³-hybridized carbons (Fsp3) is 0.579. The Balaban J connectivity index is 1.31. The van der Waals surface area contributed by atoms with Crippen LogP contribution in [0.4, 0.5) is 9.52 Å². The second-order valence-electron chi connectivity index (χ2n) is 7.51. The molecule has 2 fully saturated rings. The molecule has 1 N–H and O–H groups in total. The molecule has 2 aromatic rings. The maximum Gasteiger partial charge on any atom is 0.223 e. The van der Waals surface area contributed by atoms with Crippen molar-refractivity contribution in [3.05, 3.63) is 23.5 Å². The lowest BCUT2D eigenvalue weighted by molar-refractivity contribution is -0.114. The third kappa shape index (κ3) is 4.99. The van der Waals surface area contributed by atoms with Crippen LogP contribution in [0, 0.1) is 0 Å². The Bertz CT molecular complexity index is 866. The SMILES string of the molecule is CC(=O)Nc1ncc(CN2C[C@H](Oc3cc(OC4CCC4F)ncn3)C[C@@H]2C)s1. The Kier molecular flexibility index (Phi) is 5.91. The maximum atomic E-state index is 13.4. The normalized spacial score (nSPS) is 26.7. The zero-order valence-electron chi connectivity index (χ0n) is 16.4. The van der Waals surface area contributed by atoms with Crippen molar-refractivity contribution in [3.8, 4) is 11.8 Å². The zero-order valence-corrected chi connectivity index (χ0v) is 17.2. The van der Waals surface area contributed by atoms with Crippen LogP contribution in [0.5, 0.6) is 11.8 Å².